The standard InChI is InChI=1S/C25H24BrN3O5/c1-4-32-25(31)22-15(3)34-24(28)19(12-27)23(22)16-5-8-18(9-6-16)33-13-21(30)29-17-7-10-20(26)14(2)11-17/h5-11,23H,4,13,28H2,1-3H3,(H,29,30). The second-order valence-electron chi connectivity index (χ2n) is 7.48. The number of nitrogens with two attached hydrogens (primary N) is 1. The van der Waals surface area contributed by atoms with Crippen LogP contribution in [0.3, 0.4) is 0 Å². The molecule has 0 spiro atoms. The molecular weight excluding hydrogens is 502 g/mol. The summed E-state index contributed by atoms with van der Waals surface area (Å²) in [5.41, 5.74) is 8.55. The van der Waals surface area contributed by atoms with E-state index in [1.807, 2.05) is 25.1 Å². The Morgan fingerprint density at radius 3 is 2.53 bits per heavy atom. The molecule has 8 nitrogen and oxygen atoms in total. The van der Waals surface area contributed by atoms with E-state index >= 15 is 0 Å². The van der Waals surface area contributed by atoms with Crippen molar-refractivity contribution in [1.29, 1.82) is 5.26 Å². The highest BCUT2D eigenvalue weighted by Crippen LogP contribution is 2.40. The van der Waals surface area contributed by atoms with Crippen molar-refractivity contribution in [3.8, 4) is 11.8 Å². The molecule has 176 valence electrons. The summed E-state index contributed by atoms with van der Waals surface area (Å²) in [5.74, 6) is -0.952. The Hall–Kier alpha value is -3.77. The third-order valence-corrected chi connectivity index (χ3v) is 6.02. The fourth-order valence-corrected chi connectivity index (χ4v) is 3.76. The third-order valence-electron chi connectivity index (χ3n) is 5.13. The van der Waals surface area contributed by atoms with Gasteiger partial charge in [0.25, 0.3) is 5.91 Å². The van der Waals surface area contributed by atoms with Crippen LogP contribution in [-0.4, -0.2) is 25.1 Å². The Labute approximate surface area is 206 Å². The maximum atomic E-state index is 12.6. The summed E-state index contributed by atoms with van der Waals surface area (Å²) in [6.45, 7) is 5.22. The van der Waals surface area contributed by atoms with E-state index in [0.717, 1.165) is 10.0 Å². The van der Waals surface area contributed by atoms with E-state index in [9.17, 15) is 14.9 Å². The summed E-state index contributed by atoms with van der Waals surface area (Å²) >= 11 is 3.43. The van der Waals surface area contributed by atoms with Crippen LogP contribution in [-0.2, 0) is 19.1 Å². The minimum atomic E-state index is -0.740. The van der Waals surface area contributed by atoms with Gasteiger partial charge in [-0.1, -0.05) is 28.1 Å². The lowest BCUT2D eigenvalue weighted by Crippen LogP contribution is -2.25. The smallest absolute Gasteiger partial charge is 0.338 e. The molecule has 9 heteroatoms. The molecule has 1 atom stereocenters. The number of esters is 1. The summed E-state index contributed by atoms with van der Waals surface area (Å²) in [6, 6.07) is 14.3. The van der Waals surface area contributed by atoms with Crippen molar-refractivity contribution in [3.63, 3.8) is 0 Å². The normalized spacial score (nSPS) is 15.3. The van der Waals surface area contributed by atoms with Gasteiger partial charge in [-0.05, 0) is 62.2 Å². The van der Waals surface area contributed by atoms with E-state index in [1.165, 1.54) is 0 Å². The van der Waals surface area contributed by atoms with E-state index in [4.69, 9.17) is 19.9 Å². The number of nitrogens with one attached hydrogen (secondary N) is 1. The average molecular weight is 526 g/mol. The summed E-state index contributed by atoms with van der Waals surface area (Å²) in [6.07, 6.45) is 0. The molecule has 3 rings (SSSR count). The van der Waals surface area contributed by atoms with E-state index in [2.05, 4.69) is 21.2 Å². The topological polar surface area (TPSA) is 124 Å². The van der Waals surface area contributed by atoms with Crippen molar-refractivity contribution in [2.24, 2.45) is 5.73 Å². The van der Waals surface area contributed by atoms with Crippen LogP contribution in [0.2, 0.25) is 0 Å². The lowest BCUT2D eigenvalue weighted by molar-refractivity contribution is -0.139. The predicted molar refractivity (Wildman–Crippen MR) is 129 cm³/mol. The summed E-state index contributed by atoms with van der Waals surface area (Å²) < 4.78 is 17.1. The first-order chi connectivity index (χ1) is 16.2. The molecule has 0 aliphatic carbocycles. The van der Waals surface area contributed by atoms with Gasteiger partial charge in [-0.3, -0.25) is 4.79 Å². The third kappa shape index (κ3) is 5.58. The number of halogens is 1. The van der Waals surface area contributed by atoms with E-state index < -0.39 is 11.9 Å². The minimum Gasteiger partial charge on any atom is -0.484 e. The SMILES string of the molecule is CCOC(=O)C1=C(C)OC(N)=C(C#N)C1c1ccc(OCC(=O)Nc2ccc(Br)c(C)c2)cc1. The summed E-state index contributed by atoms with van der Waals surface area (Å²) in [7, 11) is 0. The van der Waals surface area contributed by atoms with Gasteiger partial charge in [-0.15, -0.1) is 0 Å². The largest absolute Gasteiger partial charge is 0.484 e. The predicted octanol–water partition coefficient (Wildman–Crippen LogP) is 4.42. The van der Waals surface area contributed by atoms with Crippen molar-refractivity contribution in [2.45, 2.75) is 26.7 Å². The van der Waals surface area contributed by atoms with Crippen LogP contribution in [0.15, 0.2) is 69.7 Å². The van der Waals surface area contributed by atoms with Gasteiger partial charge < -0.3 is 25.3 Å². The van der Waals surface area contributed by atoms with E-state index in [1.54, 1.807) is 44.2 Å². The highest BCUT2D eigenvalue weighted by atomic mass is 79.9. The van der Waals surface area contributed by atoms with Crippen molar-refractivity contribution in [1.82, 2.24) is 0 Å². The number of anilines is 1. The number of nitrogens with zero attached hydrogens (tertiary/aromatic N) is 1. The number of carbonyl (C=O) groups excluding carboxylic acids is 2. The molecule has 2 aromatic rings. The first-order valence-electron chi connectivity index (χ1n) is 10.5. The van der Waals surface area contributed by atoms with Crippen molar-refractivity contribution in [2.75, 3.05) is 18.5 Å². The highest BCUT2D eigenvalue weighted by molar-refractivity contribution is 9.10. The molecule has 34 heavy (non-hydrogen) atoms. The molecule has 0 bridgehead atoms. The van der Waals surface area contributed by atoms with Gasteiger partial charge in [-0.25, -0.2) is 4.79 Å². The quantitative estimate of drug-likeness (QED) is 0.512. The Balaban J connectivity index is 1.74. The molecule has 1 aliphatic rings. The average Bonchev–Trinajstić information content (AvgIpc) is 2.80. The maximum Gasteiger partial charge on any atom is 0.338 e. The van der Waals surface area contributed by atoms with Gasteiger partial charge in [0.05, 0.1) is 18.1 Å². The number of amides is 1. The van der Waals surface area contributed by atoms with Crippen molar-refractivity contribution < 1.29 is 23.8 Å². The fraction of sp³-hybridized carbons (Fsp3) is 0.240. The summed E-state index contributed by atoms with van der Waals surface area (Å²) in [4.78, 5) is 24.8. The molecule has 3 N–H and O–H groups in total. The molecule has 1 heterocycles. The van der Waals surface area contributed by atoms with Crippen LogP contribution in [0.5, 0.6) is 5.75 Å². The molecular formula is C25H24BrN3O5. The number of ether oxygens (including phenoxy) is 3. The molecule has 2 aromatic carbocycles. The Morgan fingerprint density at radius 1 is 1.21 bits per heavy atom. The van der Waals surface area contributed by atoms with Crippen LogP contribution in [0.25, 0.3) is 0 Å². The minimum absolute atomic E-state index is 0.0572. The molecule has 0 radical (unpaired) electrons. The van der Waals surface area contributed by atoms with Gasteiger partial charge >= 0.3 is 5.97 Å². The monoisotopic (exact) mass is 525 g/mol. The molecule has 1 unspecified atom stereocenters. The number of hydrogen-bond acceptors (Lipinski definition) is 7. The molecule has 0 aromatic heterocycles. The van der Waals surface area contributed by atoms with E-state index in [-0.39, 0.29) is 41.9 Å². The zero-order valence-corrected chi connectivity index (χ0v) is 20.6. The van der Waals surface area contributed by atoms with Crippen LogP contribution >= 0.6 is 15.9 Å². The molecule has 1 amide bonds. The van der Waals surface area contributed by atoms with Crippen molar-refractivity contribution in [3.05, 3.63) is 80.9 Å². The highest BCUT2D eigenvalue weighted by Gasteiger charge is 2.36. The molecule has 0 saturated carbocycles. The van der Waals surface area contributed by atoms with Gasteiger partial charge in [0.15, 0.2) is 6.61 Å². The van der Waals surface area contributed by atoms with E-state index in [0.29, 0.717) is 17.0 Å². The van der Waals surface area contributed by atoms with Gasteiger partial charge in [0.1, 0.15) is 23.2 Å². The second kappa shape index (κ2) is 10.9. The number of carbonyl (C=O) groups is 2. The number of aryl methyl sites for hydroxylation is 1. The van der Waals surface area contributed by atoms with Gasteiger partial charge in [-0.2, -0.15) is 5.26 Å². The lowest BCUT2D eigenvalue weighted by Gasteiger charge is -2.26. The number of allylic oxidation sites excluding steroid dienone is 2. The Kier molecular flexibility index (Phi) is 7.97. The summed E-state index contributed by atoms with van der Waals surface area (Å²) in [5, 5.41) is 12.4. The number of rotatable bonds is 7. The Bertz CT molecular complexity index is 1210. The first kappa shape index (κ1) is 24.9. The zero-order chi connectivity index (χ0) is 24.8. The zero-order valence-electron chi connectivity index (χ0n) is 19.0. The Morgan fingerprint density at radius 2 is 1.91 bits per heavy atom. The molecule has 1 aliphatic heterocycles. The molecule has 0 fully saturated rings. The first-order valence-corrected chi connectivity index (χ1v) is 11.3. The number of hydrogen-bond donors (Lipinski definition) is 2. The van der Waals surface area contributed by atoms with Crippen LogP contribution in [0.4, 0.5) is 5.69 Å². The fourth-order valence-electron chi connectivity index (χ4n) is 3.51. The van der Waals surface area contributed by atoms with Crippen LogP contribution in [0, 0.1) is 18.3 Å². The van der Waals surface area contributed by atoms with Crippen LogP contribution in [0.1, 0.15) is 30.9 Å². The number of benzene rings is 2. The molecule has 0 saturated heterocycles. The maximum absolute atomic E-state index is 12.6. The second-order valence-corrected chi connectivity index (χ2v) is 8.34. The lowest BCUT2D eigenvalue weighted by atomic mass is 9.83. The van der Waals surface area contributed by atoms with Gasteiger partial charge in [0.2, 0.25) is 5.88 Å². The number of nitriles is 1. The van der Waals surface area contributed by atoms with Crippen LogP contribution < -0.4 is 15.8 Å². The van der Waals surface area contributed by atoms with Crippen molar-refractivity contribution >= 4 is 33.5 Å². The van der Waals surface area contributed by atoms with Gasteiger partial charge in [0, 0.05) is 10.2 Å².